The fraction of sp³-hybridized carbons (Fsp3) is 0.368. The summed E-state index contributed by atoms with van der Waals surface area (Å²) in [5, 5.41) is 3.24. The molecule has 140 valence electrons. The van der Waals surface area contributed by atoms with Crippen molar-refractivity contribution in [2.75, 3.05) is 23.3 Å². The molecule has 26 heavy (non-hydrogen) atoms. The summed E-state index contributed by atoms with van der Waals surface area (Å²) >= 11 is 0. The van der Waals surface area contributed by atoms with Crippen molar-refractivity contribution < 1.29 is 17.2 Å². The number of hydrogen-bond acceptors (Lipinski definition) is 4. The van der Waals surface area contributed by atoms with Gasteiger partial charge in [0.25, 0.3) is 0 Å². The number of nitrogens with one attached hydrogen (secondary N) is 1. The van der Waals surface area contributed by atoms with E-state index in [1.807, 2.05) is 12.1 Å². The second kappa shape index (κ2) is 8.03. The van der Waals surface area contributed by atoms with Gasteiger partial charge in [-0.15, -0.1) is 0 Å². The zero-order chi connectivity index (χ0) is 18.6. The van der Waals surface area contributed by atoms with Crippen LogP contribution in [0.1, 0.15) is 24.8 Å². The third-order valence-corrected chi connectivity index (χ3v) is 5.99. The van der Waals surface area contributed by atoms with Crippen molar-refractivity contribution in [3.8, 4) is 0 Å². The summed E-state index contributed by atoms with van der Waals surface area (Å²) in [4.78, 5) is 2.02. The van der Waals surface area contributed by atoms with Crippen molar-refractivity contribution in [2.24, 2.45) is 0 Å². The number of benzene rings is 2. The summed E-state index contributed by atoms with van der Waals surface area (Å²) in [5.74, 6) is -3.40. The second-order valence-electron chi connectivity index (χ2n) is 6.36. The van der Waals surface area contributed by atoms with E-state index in [2.05, 4.69) is 22.3 Å². The largest absolute Gasteiger partial charge is 0.381 e. The van der Waals surface area contributed by atoms with Gasteiger partial charge in [0.2, 0.25) is 9.84 Å². The summed E-state index contributed by atoms with van der Waals surface area (Å²) in [6.07, 6.45) is 3.66. The minimum Gasteiger partial charge on any atom is -0.381 e. The van der Waals surface area contributed by atoms with E-state index in [1.54, 1.807) is 0 Å². The normalized spacial score (nSPS) is 15.3. The van der Waals surface area contributed by atoms with E-state index in [0.717, 1.165) is 18.7 Å². The van der Waals surface area contributed by atoms with Gasteiger partial charge in [0.05, 0.1) is 4.90 Å². The molecular weight excluding hydrogens is 358 g/mol. The summed E-state index contributed by atoms with van der Waals surface area (Å²) < 4.78 is 48.1. The van der Waals surface area contributed by atoms with Gasteiger partial charge < -0.3 is 10.2 Å². The number of nitrogens with zero attached hydrogens (tertiary/aromatic N) is 1. The predicted molar refractivity (Wildman–Crippen MR) is 99.5 cm³/mol. The molecule has 1 aliphatic rings. The highest BCUT2D eigenvalue weighted by atomic mass is 32.2. The first kappa shape index (κ1) is 18.6. The molecule has 0 spiro atoms. The van der Waals surface area contributed by atoms with Gasteiger partial charge in [-0.05, 0) is 55.2 Å². The van der Waals surface area contributed by atoms with E-state index in [4.69, 9.17) is 0 Å². The van der Waals surface area contributed by atoms with E-state index in [9.17, 15) is 17.2 Å². The smallest absolute Gasteiger partial charge is 0.341 e. The first-order valence-electron chi connectivity index (χ1n) is 8.67. The fourth-order valence-electron chi connectivity index (χ4n) is 3.17. The van der Waals surface area contributed by atoms with Crippen LogP contribution in [0.5, 0.6) is 0 Å². The van der Waals surface area contributed by atoms with Gasteiger partial charge >= 0.3 is 5.76 Å². The molecule has 0 radical (unpaired) electrons. The van der Waals surface area contributed by atoms with Crippen molar-refractivity contribution in [3.63, 3.8) is 0 Å². The Morgan fingerprint density at radius 3 is 2.27 bits per heavy atom. The van der Waals surface area contributed by atoms with Crippen LogP contribution >= 0.6 is 0 Å². The molecular formula is C19H22F2N2O2S. The Morgan fingerprint density at radius 1 is 0.962 bits per heavy atom. The van der Waals surface area contributed by atoms with Gasteiger partial charge in [-0.25, -0.2) is 8.42 Å². The quantitative estimate of drug-likeness (QED) is 0.812. The first-order chi connectivity index (χ1) is 12.5. The van der Waals surface area contributed by atoms with Crippen molar-refractivity contribution in [1.82, 2.24) is 0 Å². The maximum Gasteiger partial charge on any atom is 0.341 e. The van der Waals surface area contributed by atoms with Gasteiger partial charge in [0, 0.05) is 31.0 Å². The van der Waals surface area contributed by atoms with Crippen LogP contribution in [0, 0.1) is 0 Å². The maximum absolute atomic E-state index is 12.6. The van der Waals surface area contributed by atoms with Crippen molar-refractivity contribution in [2.45, 2.75) is 36.5 Å². The molecule has 0 amide bonds. The van der Waals surface area contributed by atoms with Crippen LogP contribution in [0.25, 0.3) is 0 Å². The van der Waals surface area contributed by atoms with Gasteiger partial charge in [0.1, 0.15) is 0 Å². The molecule has 7 heteroatoms. The zero-order valence-electron chi connectivity index (χ0n) is 14.4. The van der Waals surface area contributed by atoms with Gasteiger partial charge in [-0.1, -0.05) is 18.2 Å². The summed E-state index contributed by atoms with van der Waals surface area (Å²) in [6.45, 7) is 2.68. The van der Waals surface area contributed by atoms with Crippen LogP contribution in [0.4, 0.5) is 20.2 Å². The molecule has 1 aliphatic heterocycles. The molecule has 1 fully saturated rings. The third-order valence-electron chi connectivity index (χ3n) is 4.59. The number of rotatable bonds is 6. The molecule has 0 atom stereocenters. The Hall–Kier alpha value is -2.15. The van der Waals surface area contributed by atoms with Crippen molar-refractivity contribution >= 4 is 21.2 Å². The Kier molecular flexibility index (Phi) is 5.76. The summed E-state index contributed by atoms with van der Waals surface area (Å²) in [7, 11) is -4.55. The van der Waals surface area contributed by atoms with Crippen molar-refractivity contribution in [3.05, 3.63) is 54.1 Å². The van der Waals surface area contributed by atoms with Gasteiger partial charge in [-0.3, -0.25) is 0 Å². The molecule has 0 aliphatic carbocycles. The van der Waals surface area contributed by atoms with Crippen LogP contribution in [0.2, 0.25) is 0 Å². The number of halogens is 2. The Labute approximate surface area is 152 Å². The van der Waals surface area contributed by atoms with Crippen LogP contribution < -0.4 is 10.2 Å². The highest BCUT2D eigenvalue weighted by Gasteiger charge is 2.26. The van der Waals surface area contributed by atoms with Crippen LogP contribution in [-0.4, -0.2) is 27.3 Å². The van der Waals surface area contributed by atoms with Gasteiger partial charge in [-0.2, -0.15) is 8.78 Å². The molecule has 4 nitrogen and oxygen atoms in total. The number of hydrogen-bond donors (Lipinski definition) is 1. The van der Waals surface area contributed by atoms with Crippen molar-refractivity contribution in [1.29, 1.82) is 0 Å². The summed E-state index contributed by atoms with van der Waals surface area (Å²) in [6, 6.07) is 13.6. The van der Waals surface area contributed by atoms with Crippen LogP contribution in [0.15, 0.2) is 53.4 Å². The van der Waals surface area contributed by atoms with Crippen LogP contribution in [-0.2, 0) is 16.4 Å². The monoisotopic (exact) mass is 380 g/mol. The van der Waals surface area contributed by atoms with E-state index in [-0.39, 0.29) is 4.90 Å². The lowest BCUT2D eigenvalue weighted by Gasteiger charge is -2.30. The molecule has 2 aromatic rings. The second-order valence-corrected chi connectivity index (χ2v) is 8.28. The third kappa shape index (κ3) is 4.15. The minimum atomic E-state index is -4.55. The minimum absolute atomic E-state index is 0.369. The molecule has 0 unspecified atom stereocenters. The number of para-hydroxylation sites is 1. The first-order valence-corrected chi connectivity index (χ1v) is 10.2. The van der Waals surface area contributed by atoms with Crippen LogP contribution in [0.3, 0.4) is 0 Å². The fourth-order valence-corrected chi connectivity index (χ4v) is 3.89. The number of anilines is 2. The molecule has 0 aromatic heterocycles. The number of sulfone groups is 1. The molecule has 1 heterocycles. The lowest BCUT2D eigenvalue weighted by molar-refractivity contribution is 0.234. The molecule has 2 aromatic carbocycles. The molecule has 1 N–H and O–H groups in total. The number of piperidine rings is 1. The lowest BCUT2D eigenvalue weighted by atomic mass is 10.1. The highest BCUT2D eigenvalue weighted by molar-refractivity contribution is 7.91. The SMILES string of the molecule is O=S(=O)(c1ccc(NCc2ccccc2N2CCCCC2)cc1)C(F)F. The molecule has 3 rings (SSSR count). The van der Waals surface area contributed by atoms with E-state index in [0.29, 0.717) is 12.2 Å². The Morgan fingerprint density at radius 2 is 1.62 bits per heavy atom. The standard InChI is InChI=1S/C19H22F2N2O2S/c20-19(21)26(24,25)17-10-8-16(9-11-17)22-14-15-6-2-3-7-18(15)23-12-4-1-5-13-23/h2-3,6-11,19,22H,1,4-5,12-14H2. The average molecular weight is 380 g/mol. The predicted octanol–water partition coefficient (Wildman–Crippen LogP) is 4.29. The topological polar surface area (TPSA) is 49.4 Å². The van der Waals surface area contributed by atoms with E-state index < -0.39 is 15.6 Å². The average Bonchev–Trinajstić information content (AvgIpc) is 2.67. The molecule has 1 saturated heterocycles. The maximum atomic E-state index is 12.6. The highest BCUT2D eigenvalue weighted by Crippen LogP contribution is 2.25. The lowest BCUT2D eigenvalue weighted by Crippen LogP contribution is -2.30. The van der Waals surface area contributed by atoms with Gasteiger partial charge in [0.15, 0.2) is 0 Å². The molecule has 0 saturated carbocycles. The van der Waals surface area contributed by atoms with E-state index >= 15 is 0 Å². The van der Waals surface area contributed by atoms with E-state index in [1.165, 1.54) is 49.2 Å². The zero-order valence-corrected chi connectivity index (χ0v) is 15.2. The summed E-state index contributed by atoms with van der Waals surface area (Å²) in [5.41, 5.74) is 3.04. The number of alkyl halides is 2. The molecule has 0 bridgehead atoms. The Balaban J connectivity index is 1.70. The Bertz CT molecular complexity index is 833.